The first-order chi connectivity index (χ1) is 13.6. The highest BCUT2D eigenvalue weighted by atomic mass is 32.2. The molecule has 0 saturated carbocycles. The van der Waals surface area contributed by atoms with E-state index in [1.807, 2.05) is 42.5 Å². The molecule has 0 atom stereocenters. The fourth-order valence-electron chi connectivity index (χ4n) is 4.36. The molecule has 7 heteroatoms. The number of hydrogen-bond donors (Lipinski definition) is 1. The minimum absolute atomic E-state index is 0.279. The molecule has 1 aromatic heterocycles. The van der Waals surface area contributed by atoms with Crippen LogP contribution in [-0.4, -0.2) is 46.6 Å². The molecule has 1 fully saturated rings. The van der Waals surface area contributed by atoms with E-state index in [0.717, 1.165) is 41.7 Å². The molecule has 0 amide bonds. The van der Waals surface area contributed by atoms with Crippen LogP contribution in [0.15, 0.2) is 48.5 Å². The number of H-pyrrole nitrogens is 1. The first-order valence-electron chi connectivity index (χ1n) is 9.88. The van der Waals surface area contributed by atoms with Crippen molar-refractivity contribution in [1.82, 2.24) is 18.6 Å². The van der Waals surface area contributed by atoms with Gasteiger partial charge in [-0.3, -0.25) is 0 Å². The van der Waals surface area contributed by atoms with Crippen LogP contribution in [0.5, 0.6) is 0 Å². The van der Waals surface area contributed by atoms with E-state index in [1.54, 1.807) is 8.61 Å². The summed E-state index contributed by atoms with van der Waals surface area (Å²) < 4.78 is 29.6. The highest BCUT2D eigenvalue weighted by molar-refractivity contribution is 7.86. The molecule has 28 heavy (non-hydrogen) atoms. The van der Waals surface area contributed by atoms with Gasteiger partial charge in [0.05, 0.1) is 11.0 Å². The van der Waals surface area contributed by atoms with E-state index in [4.69, 9.17) is 4.98 Å². The van der Waals surface area contributed by atoms with E-state index in [-0.39, 0.29) is 5.92 Å². The smallest absolute Gasteiger partial charge is 0.282 e. The van der Waals surface area contributed by atoms with Crippen LogP contribution in [0, 0.1) is 0 Å². The number of piperidine rings is 1. The Hall–Kier alpha value is -2.22. The Bertz CT molecular complexity index is 1070. The third kappa shape index (κ3) is 3.13. The molecule has 146 valence electrons. The standard InChI is InChI=1S/C21H24N4O2S/c26-28(27,25-14-9-16-5-1-2-6-18(16)15-25)24-12-10-17(11-13-24)21-22-19-7-3-4-8-20(19)23-21/h1-8,17H,9-15H2,(H,22,23). The molecule has 0 aliphatic carbocycles. The van der Waals surface area contributed by atoms with Gasteiger partial charge in [-0.25, -0.2) is 4.98 Å². The molecule has 0 spiro atoms. The summed E-state index contributed by atoms with van der Waals surface area (Å²) in [6.07, 6.45) is 2.37. The van der Waals surface area contributed by atoms with Gasteiger partial charge in [-0.15, -0.1) is 0 Å². The summed E-state index contributed by atoms with van der Waals surface area (Å²) in [5, 5.41) is 0. The van der Waals surface area contributed by atoms with Gasteiger partial charge in [0.1, 0.15) is 5.82 Å². The lowest BCUT2D eigenvalue weighted by atomic mass is 9.97. The fourth-order valence-corrected chi connectivity index (χ4v) is 5.98. The average molecular weight is 397 g/mol. The Morgan fingerprint density at radius 1 is 0.893 bits per heavy atom. The monoisotopic (exact) mass is 396 g/mol. The van der Waals surface area contributed by atoms with E-state index in [9.17, 15) is 8.42 Å². The number of nitrogens with zero attached hydrogens (tertiary/aromatic N) is 3. The van der Waals surface area contributed by atoms with Crippen LogP contribution in [0.1, 0.15) is 35.7 Å². The predicted octanol–water partition coefficient (Wildman–Crippen LogP) is 3.05. The van der Waals surface area contributed by atoms with Gasteiger partial charge in [0.25, 0.3) is 10.2 Å². The number of benzene rings is 2. The topological polar surface area (TPSA) is 69.3 Å². The summed E-state index contributed by atoms with van der Waals surface area (Å²) in [4.78, 5) is 8.11. The molecule has 3 aromatic rings. The molecule has 0 unspecified atom stereocenters. The predicted molar refractivity (Wildman–Crippen MR) is 109 cm³/mol. The van der Waals surface area contributed by atoms with Gasteiger partial charge in [0.15, 0.2) is 0 Å². The number of nitrogens with one attached hydrogen (secondary N) is 1. The van der Waals surface area contributed by atoms with E-state index < -0.39 is 10.2 Å². The maximum atomic E-state index is 13.2. The SMILES string of the molecule is O=S(=O)(N1CCC(c2nc3ccccc3[nH]2)CC1)N1CCc2ccccc2C1. The highest BCUT2D eigenvalue weighted by Crippen LogP contribution is 2.30. The van der Waals surface area contributed by atoms with Crippen LogP contribution in [-0.2, 0) is 23.2 Å². The zero-order valence-corrected chi connectivity index (χ0v) is 16.5. The lowest BCUT2D eigenvalue weighted by Crippen LogP contribution is -2.48. The molecule has 2 aliphatic heterocycles. The highest BCUT2D eigenvalue weighted by Gasteiger charge is 2.35. The molecule has 5 rings (SSSR count). The van der Waals surface area contributed by atoms with Gasteiger partial charge in [-0.05, 0) is 42.5 Å². The fraction of sp³-hybridized carbons (Fsp3) is 0.381. The third-order valence-electron chi connectivity index (χ3n) is 6.00. The van der Waals surface area contributed by atoms with E-state index in [0.29, 0.717) is 26.2 Å². The Kier molecular flexibility index (Phi) is 4.45. The first-order valence-corrected chi connectivity index (χ1v) is 11.3. The summed E-state index contributed by atoms with van der Waals surface area (Å²) in [6.45, 7) is 2.12. The van der Waals surface area contributed by atoms with Crippen LogP contribution in [0.3, 0.4) is 0 Å². The molecule has 0 bridgehead atoms. The van der Waals surface area contributed by atoms with Crippen LogP contribution >= 0.6 is 0 Å². The quantitative estimate of drug-likeness (QED) is 0.740. The van der Waals surface area contributed by atoms with Crippen molar-refractivity contribution in [3.8, 4) is 0 Å². The van der Waals surface area contributed by atoms with Crippen LogP contribution in [0.2, 0.25) is 0 Å². The van der Waals surface area contributed by atoms with Gasteiger partial charge in [0, 0.05) is 32.1 Å². The zero-order valence-electron chi connectivity index (χ0n) is 15.7. The van der Waals surface area contributed by atoms with Gasteiger partial charge >= 0.3 is 0 Å². The average Bonchev–Trinajstić information content (AvgIpc) is 3.18. The number of hydrogen-bond acceptors (Lipinski definition) is 3. The number of rotatable bonds is 3. The van der Waals surface area contributed by atoms with Crippen molar-refractivity contribution in [2.45, 2.75) is 31.7 Å². The van der Waals surface area contributed by atoms with Crippen molar-refractivity contribution in [2.75, 3.05) is 19.6 Å². The largest absolute Gasteiger partial charge is 0.342 e. The van der Waals surface area contributed by atoms with Gasteiger partial charge in [0.2, 0.25) is 0 Å². The van der Waals surface area contributed by atoms with Crippen LogP contribution < -0.4 is 0 Å². The van der Waals surface area contributed by atoms with Gasteiger partial charge < -0.3 is 4.98 Å². The maximum absolute atomic E-state index is 13.2. The van der Waals surface area contributed by atoms with E-state index in [1.165, 1.54) is 5.56 Å². The van der Waals surface area contributed by atoms with Gasteiger partial charge in [-0.2, -0.15) is 17.0 Å². The number of aromatic nitrogens is 2. The molecule has 2 aliphatic rings. The molecule has 3 heterocycles. The number of fused-ring (bicyclic) bond motifs is 2. The van der Waals surface area contributed by atoms with Crippen LogP contribution in [0.25, 0.3) is 11.0 Å². The van der Waals surface area contributed by atoms with Crippen molar-refractivity contribution >= 4 is 21.2 Å². The maximum Gasteiger partial charge on any atom is 0.282 e. The second-order valence-corrected chi connectivity index (χ2v) is 9.60. The second kappa shape index (κ2) is 6.99. The first kappa shape index (κ1) is 17.8. The summed E-state index contributed by atoms with van der Waals surface area (Å²) in [7, 11) is -3.42. The summed E-state index contributed by atoms with van der Waals surface area (Å²) in [6, 6.07) is 16.1. The Balaban J connectivity index is 1.28. The number of aromatic amines is 1. The number of imidazole rings is 1. The van der Waals surface area contributed by atoms with Crippen molar-refractivity contribution < 1.29 is 8.42 Å². The lowest BCUT2D eigenvalue weighted by molar-refractivity contribution is 0.277. The minimum atomic E-state index is -3.42. The second-order valence-electron chi connectivity index (χ2n) is 7.67. The molecule has 0 radical (unpaired) electrons. The Morgan fingerprint density at radius 2 is 1.61 bits per heavy atom. The van der Waals surface area contributed by atoms with E-state index in [2.05, 4.69) is 11.1 Å². The minimum Gasteiger partial charge on any atom is -0.342 e. The van der Waals surface area contributed by atoms with Crippen molar-refractivity contribution in [2.24, 2.45) is 0 Å². The third-order valence-corrected chi connectivity index (χ3v) is 7.98. The van der Waals surface area contributed by atoms with Gasteiger partial charge in [-0.1, -0.05) is 36.4 Å². The molecular formula is C21H24N4O2S. The summed E-state index contributed by atoms with van der Waals surface area (Å²) >= 11 is 0. The van der Waals surface area contributed by atoms with Crippen LogP contribution in [0.4, 0.5) is 0 Å². The van der Waals surface area contributed by atoms with E-state index >= 15 is 0 Å². The molecule has 6 nitrogen and oxygen atoms in total. The molecular weight excluding hydrogens is 372 g/mol. The molecule has 1 N–H and O–H groups in total. The lowest BCUT2D eigenvalue weighted by Gasteiger charge is -2.36. The van der Waals surface area contributed by atoms with Crippen molar-refractivity contribution in [1.29, 1.82) is 0 Å². The number of para-hydroxylation sites is 2. The molecule has 2 aromatic carbocycles. The zero-order chi connectivity index (χ0) is 19.1. The molecule has 1 saturated heterocycles. The van der Waals surface area contributed by atoms with Crippen molar-refractivity contribution in [3.63, 3.8) is 0 Å². The van der Waals surface area contributed by atoms with Crippen molar-refractivity contribution in [3.05, 3.63) is 65.5 Å². The summed E-state index contributed by atoms with van der Waals surface area (Å²) in [5.41, 5.74) is 4.39. The normalized spacial score (nSPS) is 19.7. The Morgan fingerprint density at radius 3 is 2.39 bits per heavy atom. The summed E-state index contributed by atoms with van der Waals surface area (Å²) in [5.74, 6) is 1.26. The Labute approximate surface area is 165 Å².